The summed E-state index contributed by atoms with van der Waals surface area (Å²) in [5.74, 6) is 0.941. The van der Waals surface area contributed by atoms with Gasteiger partial charge in [0.15, 0.2) is 6.17 Å². The van der Waals surface area contributed by atoms with Crippen LogP contribution in [-0.2, 0) is 4.79 Å². The van der Waals surface area contributed by atoms with Crippen LogP contribution in [0.25, 0.3) is 6.08 Å². The van der Waals surface area contributed by atoms with Crippen molar-refractivity contribution in [2.75, 3.05) is 0 Å². The summed E-state index contributed by atoms with van der Waals surface area (Å²) in [5.41, 5.74) is 2.29. The van der Waals surface area contributed by atoms with Crippen molar-refractivity contribution in [3.05, 3.63) is 71.3 Å². The topological polar surface area (TPSA) is 50.7 Å². The monoisotopic (exact) mass is 276 g/mol. The highest BCUT2D eigenvalue weighted by molar-refractivity contribution is 6.24. The molecule has 0 aliphatic carbocycles. The second-order valence-electron chi connectivity index (χ2n) is 4.92. The third-order valence-corrected chi connectivity index (χ3v) is 3.53. The first kappa shape index (κ1) is 11.9. The van der Waals surface area contributed by atoms with E-state index in [0.717, 1.165) is 16.9 Å². The number of carbonyl (C=O) groups excluding carboxylic acids is 1. The van der Waals surface area contributed by atoms with Gasteiger partial charge in [-0.05, 0) is 17.7 Å². The number of aliphatic imine (C=N–C) groups is 1. The van der Waals surface area contributed by atoms with Gasteiger partial charge < -0.3 is 10.1 Å². The van der Waals surface area contributed by atoms with Crippen molar-refractivity contribution in [1.82, 2.24) is 5.32 Å². The molecule has 0 radical (unpaired) electrons. The van der Waals surface area contributed by atoms with Gasteiger partial charge in [-0.3, -0.25) is 4.79 Å². The molecule has 4 nitrogen and oxygen atoms in total. The van der Waals surface area contributed by atoms with Gasteiger partial charge in [-0.15, -0.1) is 0 Å². The van der Waals surface area contributed by atoms with Gasteiger partial charge in [0.25, 0.3) is 5.91 Å². The molecule has 1 amide bonds. The summed E-state index contributed by atoms with van der Waals surface area (Å²) in [5, 5.41) is 2.89. The van der Waals surface area contributed by atoms with Crippen molar-refractivity contribution in [1.29, 1.82) is 0 Å². The van der Waals surface area contributed by atoms with E-state index < -0.39 is 6.17 Å². The Morgan fingerprint density at radius 3 is 2.62 bits per heavy atom. The lowest BCUT2D eigenvalue weighted by Crippen LogP contribution is -2.39. The maximum atomic E-state index is 12.3. The molecule has 4 rings (SSSR count). The minimum absolute atomic E-state index is 0.164. The van der Waals surface area contributed by atoms with Gasteiger partial charge >= 0.3 is 0 Å². The van der Waals surface area contributed by atoms with Crippen molar-refractivity contribution in [3.63, 3.8) is 0 Å². The molecule has 2 heterocycles. The molecular formula is C17H12N2O2. The lowest BCUT2D eigenvalue weighted by molar-refractivity contribution is -0.118. The van der Waals surface area contributed by atoms with E-state index in [2.05, 4.69) is 10.3 Å². The Morgan fingerprint density at radius 2 is 1.76 bits per heavy atom. The highest BCUT2D eigenvalue weighted by Gasteiger charge is 2.31. The normalized spacial score (nSPS) is 19.4. The van der Waals surface area contributed by atoms with E-state index in [1.54, 1.807) is 0 Å². The van der Waals surface area contributed by atoms with Gasteiger partial charge in [-0.2, -0.15) is 0 Å². The molecule has 4 heteroatoms. The molecule has 0 bridgehead atoms. The van der Waals surface area contributed by atoms with Crippen LogP contribution in [0.5, 0.6) is 5.75 Å². The smallest absolute Gasteiger partial charge is 0.258 e. The fraction of sp³-hybridized carbons (Fsp3) is 0.0588. The summed E-state index contributed by atoms with van der Waals surface area (Å²) in [6.45, 7) is 0. The molecule has 2 aromatic rings. The molecule has 21 heavy (non-hydrogen) atoms. The van der Waals surface area contributed by atoms with E-state index in [0.29, 0.717) is 11.5 Å². The van der Waals surface area contributed by atoms with E-state index in [4.69, 9.17) is 4.74 Å². The van der Waals surface area contributed by atoms with Crippen LogP contribution in [0.2, 0.25) is 0 Å². The predicted octanol–water partition coefficient (Wildman–Crippen LogP) is 2.69. The third-order valence-electron chi connectivity index (χ3n) is 3.53. The first-order valence-corrected chi connectivity index (χ1v) is 6.74. The van der Waals surface area contributed by atoms with E-state index >= 15 is 0 Å². The van der Waals surface area contributed by atoms with E-state index in [-0.39, 0.29) is 5.91 Å². The minimum atomic E-state index is -0.406. The van der Waals surface area contributed by atoms with Crippen LogP contribution in [0.4, 0.5) is 0 Å². The SMILES string of the molecule is O=C1N[C@H](c2ccccc2)N=C2Oc3ccccc3C=C12. The number of rotatable bonds is 1. The standard InChI is InChI=1S/C17H12N2O2/c20-16-13-10-12-8-4-5-9-14(12)21-17(13)19-15(18-16)11-6-2-1-3-7-11/h1-10,15H,(H,18,20)/t15-/m0/s1. The maximum absolute atomic E-state index is 12.3. The first-order chi connectivity index (χ1) is 10.3. The molecule has 0 unspecified atom stereocenters. The molecule has 2 aromatic carbocycles. The summed E-state index contributed by atoms with van der Waals surface area (Å²) in [6, 6.07) is 17.2. The fourth-order valence-corrected chi connectivity index (χ4v) is 2.47. The quantitative estimate of drug-likeness (QED) is 0.870. The van der Waals surface area contributed by atoms with Crippen molar-refractivity contribution < 1.29 is 9.53 Å². The number of nitrogens with one attached hydrogen (secondary N) is 1. The Labute approximate surface area is 121 Å². The maximum Gasteiger partial charge on any atom is 0.258 e. The molecule has 0 saturated heterocycles. The molecule has 0 saturated carbocycles. The minimum Gasteiger partial charge on any atom is -0.438 e. The number of amides is 1. The Kier molecular flexibility index (Phi) is 2.60. The van der Waals surface area contributed by atoms with Crippen molar-refractivity contribution in [3.8, 4) is 5.75 Å². The zero-order chi connectivity index (χ0) is 14.2. The Morgan fingerprint density at radius 1 is 1.00 bits per heavy atom. The molecule has 2 aliphatic rings. The number of hydrogen-bond donors (Lipinski definition) is 1. The third kappa shape index (κ3) is 2.01. The summed E-state index contributed by atoms with van der Waals surface area (Å²) in [4.78, 5) is 16.8. The van der Waals surface area contributed by atoms with Crippen LogP contribution in [-0.4, -0.2) is 11.8 Å². The molecule has 102 valence electrons. The molecule has 1 N–H and O–H groups in total. The number of hydrogen-bond acceptors (Lipinski definition) is 3. The molecule has 2 aliphatic heterocycles. The fourth-order valence-electron chi connectivity index (χ4n) is 2.47. The predicted molar refractivity (Wildman–Crippen MR) is 79.8 cm³/mol. The van der Waals surface area contributed by atoms with Gasteiger partial charge in [0, 0.05) is 5.56 Å². The lowest BCUT2D eigenvalue weighted by atomic mass is 10.0. The Bertz CT molecular complexity index is 778. The van der Waals surface area contributed by atoms with E-state index in [9.17, 15) is 4.79 Å². The van der Waals surface area contributed by atoms with Crippen LogP contribution in [0.3, 0.4) is 0 Å². The van der Waals surface area contributed by atoms with E-state index in [1.807, 2.05) is 60.7 Å². The first-order valence-electron chi connectivity index (χ1n) is 6.74. The van der Waals surface area contributed by atoms with E-state index in [1.165, 1.54) is 0 Å². The highest BCUT2D eigenvalue weighted by atomic mass is 16.5. The largest absolute Gasteiger partial charge is 0.438 e. The Balaban J connectivity index is 1.78. The summed E-state index contributed by atoms with van der Waals surface area (Å²) in [6.07, 6.45) is 1.41. The number of benzene rings is 2. The number of fused-ring (bicyclic) bond motifs is 2. The second kappa shape index (κ2) is 4.59. The summed E-state index contributed by atoms with van der Waals surface area (Å²) in [7, 11) is 0. The average Bonchev–Trinajstić information content (AvgIpc) is 2.54. The van der Waals surface area contributed by atoms with Gasteiger partial charge in [-0.1, -0.05) is 48.5 Å². The molecular weight excluding hydrogens is 264 g/mol. The van der Waals surface area contributed by atoms with Crippen molar-refractivity contribution >= 4 is 17.9 Å². The van der Waals surface area contributed by atoms with Gasteiger partial charge in [0.05, 0.1) is 0 Å². The molecule has 0 aromatic heterocycles. The zero-order valence-corrected chi connectivity index (χ0v) is 11.1. The number of carbonyl (C=O) groups is 1. The van der Waals surface area contributed by atoms with Gasteiger partial charge in [0.2, 0.25) is 5.90 Å². The zero-order valence-electron chi connectivity index (χ0n) is 11.1. The van der Waals surface area contributed by atoms with Crippen LogP contribution in [0, 0.1) is 0 Å². The van der Waals surface area contributed by atoms with Crippen LogP contribution < -0.4 is 10.1 Å². The number of nitrogens with zero attached hydrogens (tertiary/aromatic N) is 1. The number of para-hydroxylation sites is 1. The van der Waals surface area contributed by atoms with Crippen molar-refractivity contribution in [2.45, 2.75) is 6.17 Å². The molecule has 0 fully saturated rings. The van der Waals surface area contributed by atoms with Crippen molar-refractivity contribution in [2.24, 2.45) is 4.99 Å². The number of ether oxygens (including phenoxy) is 1. The second-order valence-corrected chi connectivity index (χ2v) is 4.92. The van der Waals surface area contributed by atoms with Gasteiger partial charge in [0.1, 0.15) is 11.3 Å². The van der Waals surface area contributed by atoms with Crippen LogP contribution >= 0.6 is 0 Å². The Hall–Kier alpha value is -2.88. The highest BCUT2D eigenvalue weighted by Crippen LogP contribution is 2.30. The van der Waals surface area contributed by atoms with Crippen LogP contribution in [0.15, 0.2) is 65.2 Å². The molecule has 0 spiro atoms. The summed E-state index contributed by atoms with van der Waals surface area (Å²) >= 11 is 0. The van der Waals surface area contributed by atoms with Gasteiger partial charge in [-0.25, -0.2) is 4.99 Å². The average molecular weight is 276 g/mol. The lowest BCUT2D eigenvalue weighted by Gasteiger charge is -2.26. The molecule has 1 atom stereocenters. The summed E-state index contributed by atoms with van der Waals surface area (Å²) < 4.78 is 5.78. The van der Waals surface area contributed by atoms with Crippen LogP contribution in [0.1, 0.15) is 17.3 Å².